The maximum absolute atomic E-state index is 12.9. The van der Waals surface area contributed by atoms with Crippen molar-refractivity contribution < 1.29 is 29.1 Å². The average molecular weight is 491 g/mol. The van der Waals surface area contributed by atoms with Gasteiger partial charge >= 0.3 is 5.97 Å². The van der Waals surface area contributed by atoms with Crippen LogP contribution in [0.4, 0.5) is 0 Å². The fraction of sp³-hybridized carbons (Fsp3) is 0.750. The summed E-state index contributed by atoms with van der Waals surface area (Å²) in [5.74, 6) is -4.15. The van der Waals surface area contributed by atoms with Crippen molar-refractivity contribution in [2.75, 3.05) is 12.3 Å². The highest BCUT2D eigenvalue weighted by Crippen LogP contribution is 2.10. The fourth-order valence-electron chi connectivity index (χ4n) is 2.87. The Kier molecular flexibility index (Phi) is 15.1. The summed E-state index contributed by atoms with van der Waals surface area (Å²) in [6, 6.07) is -4.29. The predicted molar refractivity (Wildman–Crippen MR) is 126 cm³/mol. The predicted octanol–water partition coefficient (Wildman–Crippen LogP) is -1.78. The largest absolute Gasteiger partial charge is 0.480 e. The summed E-state index contributed by atoms with van der Waals surface area (Å²) >= 11 is 4.09. The summed E-state index contributed by atoms with van der Waals surface area (Å²) in [5, 5.41) is 16.8. The molecule has 13 heteroatoms. The van der Waals surface area contributed by atoms with Gasteiger partial charge in [-0.1, -0.05) is 20.3 Å². The zero-order valence-corrected chi connectivity index (χ0v) is 20.1. The fourth-order valence-corrected chi connectivity index (χ4v) is 3.13. The van der Waals surface area contributed by atoms with Crippen LogP contribution in [0, 0.1) is 5.92 Å². The summed E-state index contributed by atoms with van der Waals surface area (Å²) in [7, 11) is 0. The number of primary amides is 1. The van der Waals surface area contributed by atoms with Gasteiger partial charge in [0.15, 0.2) is 0 Å². The number of carboxylic acid groups (broad SMARTS) is 1. The van der Waals surface area contributed by atoms with Crippen molar-refractivity contribution in [1.82, 2.24) is 16.0 Å². The highest BCUT2D eigenvalue weighted by atomic mass is 32.1. The van der Waals surface area contributed by atoms with Gasteiger partial charge in [0.2, 0.25) is 23.6 Å². The number of aliphatic carboxylic acids is 1. The lowest BCUT2D eigenvalue weighted by Crippen LogP contribution is -2.59. The molecule has 0 aromatic rings. The molecule has 5 atom stereocenters. The summed E-state index contributed by atoms with van der Waals surface area (Å²) < 4.78 is 0. The van der Waals surface area contributed by atoms with Gasteiger partial charge in [-0.05, 0) is 38.1 Å². The molecular weight excluding hydrogens is 452 g/mol. The molecule has 0 saturated carbocycles. The number of nitrogens with two attached hydrogens (primary N) is 3. The summed E-state index contributed by atoms with van der Waals surface area (Å²) in [6.45, 7) is 3.98. The van der Waals surface area contributed by atoms with Crippen LogP contribution in [0.15, 0.2) is 0 Å². The van der Waals surface area contributed by atoms with Gasteiger partial charge in [-0.3, -0.25) is 19.2 Å². The van der Waals surface area contributed by atoms with Crippen LogP contribution >= 0.6 is 12.6 Å². The van der Waals surface area contributed by atoms with Gasteiger partial charge in [-0.25, -0.2) is 4.79 Å². The van der Waals surface area contributed by atoms with Gasteiger partial charge in [0, 0.05) is 12.2 Å². The van der Waals surface area contributed by atoms with E-state index in [1.165, 1.54) is 0 Å². The lowest BCUT2D eigenvalue weighted by atomic mass is 9.97. The van der Waals surface area contributed by atoms with E-state index in [-0.39, 0.29) is 30.9 Å². The van der Waals surface area contributed by atoms with Crippen LogP contribution in [0.25, 0.3) is 0 Å². The Hall–Kier alpha value is -2.38. The standard InChI is InChI=1S/C20H38N6O6S/c1-3-11(2)16(26-17(28)12(22)7-8-15(23)27)19(30)25-14(10-33)18(29)24-13(20(31)32)6-4-5-9-21/h11-14,16,33H,3-10,21-22H2,1-2H3,(H2,23,27)(H,24,29)(H,25,30)(H,26,28)(H,31,32). The number of nitrogens with one attached hydrogen (secondary N) is 3. The Morgan fingerprint density at radius 3 is 2.03 bits per heavy atom. The molecular formula is C20H38N6O6S. The first-order valence-corrected chi connectivity index (χ1v) is 11.6. The number of amides is 4. The first-order chi connectivity index (χ1) is 15.5. The molecule has 0 aliphatic rings. The molecule has 0 aliphatic heterocycles. The number of unbranched alkanes of at least 4 members (excludes halogenated alkanes) is 1. The van der Waals surface area contributed by atoms with Crippen molar-refractivity contribution in [1.29, 1.82) is 0 Å². The minimum atomic E-state index is -1.20. The second-order valence-electron chi connectivity index (χ2n) is 7.91. The molecule has 33 heavy (non-hydrogen) atoms. The van der Waals surface area contributed by atoms with Crippen LogP contribution in [0.3, 0.4) is 0 Å². The van der Waals surface area contributed by atoms with Crippen LogP contribution in [0.1, 0.15) is 52.4 Å². The molecule has 0 aromatic heterocycles. The maximum Gasteiger partial charge on any atom is 0.326 e. The molecule has 0 saturated heterocycles. The number of thiol groups is 1. The Labute approximate surface area is 199 Å². The topological polar surface area (TPSA) is 220 Å². The van der Waals surface area contributed by atoms with Crippen LogP contribution in [0.5, 0.6) is 0 Å². The number of hydrogen-bond acceptors (Lipinski definition) is 8. The third kappa shape index (κ3) is 11.9. The van der Waals surface area contributed by atoms with E-state index in [1.807, 2.05) is 6.92 Å². The smallest absolute Gasteiger partial charge is 0.326 e. The molecule has 190 valence electrons. The van der Waals surface area contributed by atoms with Crippen LogP contribution in [-0.2, 0) is 24.0 Å². The molecule has 0 spiro atoms. The zero-order valence-electron chi connectivity index (χ0n) is 19.2. The molecule has 0 radical (unpaired) electrons. The molecule has 12 nitrogen and oxygen atoms in total. The Morgan fingerprint density at radius 1 is 0.939 bits per heavy atom. The van der Waals surface area contributed by atoms with E-state index < -0.39 is 53.8 Å². The maximum atomic E-state index is 12.9. The van der Waals surface area contributed by atoms with E-state index in [1.54, 1.807) is 6.92 Å². The third-order valence-corrected chi connectivity index (χ3v) is 5.57. The SMILES string of the molecule is CCC(C)C(NC(=O)C(N)CCC(N)=O)C(=O)NC(CS)C(=O)NC(CCCCN)C(=O)O. The molecule has 0 bridgehead atoms. The number of hydrogen-bond donors (Lipinski definition) is 8. The zero-order chi connectivity index (χ0) is 25.6. The Balaban J connectivity index is 5.21. The first-order valence-electron chi connectivity index (χ1n) is 11.0. The van der Waals surface area contributed by atoms with E-state index in [2.05, 4.69) is 28.6 Å². The first kappa shape index (κ1) is 30.6. The number of carbonyl (C=O) groups is 5. The van der Waals surface area contributed by atoms with Crippen molar-refractivity contribution >= 4 is 42.2 Å². The average Bonchev–Trinajstić information content (AvgIpc) is 2.77. The quantitative estimate of drug-likeness (QED) is 0.0858. The van der Waals surface area contributed by atoms with E-state index >= 15 is 0 Å². The second kappa shape index (κ2) is 16.3. The summed E-state index contributed by atoms with van der Waals surface area (Å²) in [6.07, 6.45) is 1.81. The molecule has 10 N–H and O–H groups in total. The second-order valence-corrected chi connectivity index (χ2v) is 8.28. The van der Waals surface area contributed by atoms with Gasteiger partial charge in [-0.2, -0.15) is 12.6 Å². The molecule has 0 aromatic carbocycles. The van der Waals surface area contributed by atoms with Gasteiger partial charge < -0.3 is 38.3 Å². The minimum Gasteiger partial charge on any atom is -0.480 e. The number of carbonyl (C=O) groups excluding carboxylic acids is 4. The normalized spacial score (nSPS) is 15.4. The van der Waals surface area contributed by atoms with Crippen molar-refractivity contribution in [3.05, 3.63) is 0 Å². The summed E-state index contributed by atoms with van der Waals surface area (Å²) in [4.78, 5) is 60.2. The van der Waals surface area contributed by atoms with Gasteiger partial charge in [-0.15, -0.1) is 0 Å². The van der Waals surface area contributed by atoms with E-state index in [4.69, 9.17) is 17.2 Å². The molecule has 0 rings (SSSR count). The van der Waals surface area contributed by atoms with Crippen molar-refractivity contribution in [3.63, 3.8) is 0 Å². The molecule has 5 unspecified atom stereocenters. The van der Waals surface area contributed by atoms with E-state index in [0.717, 1.165) is 0 Å². The van der Waals surface area contributed by atoms with Crippen LogP contribution in [-0.4, -0.2) is 71.2 Å². The molecule has 0 fully saturated rings. The van der Waals surface area contributed by atoms with Crippen molar-refractivity contribution in [2.24, 2.45) is 23.1 Å². The number of carboxylic acids is 1. The molecule has 0 aliphatic carbocycles. The van der Waals surface area contributed by atoms with Gasteiger partial charge in [0.1, 0.15) is 18.1 Å². The molecule has 4 amide bonds. The van der Waals surface area contributed by atoms with Crippen LogP contribution in [0.2, 0.25) is 0 Å². The van der Waals surface area contributed by atoms with Crippen molar-refractivity contribution in [3.8, 4) is 0 Å². The monoisotopic (exact) mass is 490 g/mol. The lowest BCUT2D eigenvalue weighted by Gasteiger charge is -2.27. The minimum absolute atomic E-state index is 0.0262. The number of rotatable bonds is 17. The van der Waals surface area contributed by atoms with Gasteiger partial charge in [0.05, 0.1) is 6.04 Å². The third-order valence-electron chi connectivity index (χ3n) is 5.21. The highest BCUT2D eigenvalue weighted by Gasteiger charge is 2.32. The van der Waals surface area contributed by atoms with Crippen LogP contribution < -0.4 is 33.2 Å². The van der Waals surface area contributed by atoms with Gasteiger partial charge in [0.25, 0.3) is 0 Å². The summed E-state index contributed by atoms with van der Waals surface area (Å²) in [5.41, 5.74) is 16.3. The highest BCUT2D eigenvalue weighted by molar-refractivity contribution is 7.80. The lowest BCUT2D eigenvalue weighted by molar-refractivity contribution is -0.142. The van der Waals surface area contributed by atoms with Crippen molar-refractivity contribution in [2.45, 2.75) is 76.5 Å². The molecule has 0 heterocycles. The van der Waals surface area contributed by atoms with E-state index in [9.17, 15) is 29.1 Å². The Bertz CT molecular complexity index is 679. The van der Waals surface area contributed by atoms with E-state index in [0.29, 0.717) is 25.8 Å². The Morgan fingerprint density at radius 2 is 1.55 bits per heavy atom.